The third kappa shape index (κ3) is 4.91. The molecule has 1 saturated carbocycles. The molecule has 1 aromatic carbocycles. The Morgan fingerprint density at radius 3 is 2.53 bits per heavy atom. The van der Waals surface area contributed by atoms with E-state index >= 15 is 0 Å². The Balaban J connectivity index is 1.48. The molecule has 0 unspecified atom stereocenters. The number of hydrogen-bond acceptors (Lipinski definition) is 4. The number of nitrogens with zero attached hydrogens (tertiary/aromatic N) is 1. The molecule has 2 amide bonds. The van der Waals surface area contributed by atoms with Gasteiger partial charge in [0.25, 0.3) is 11.5 Å². The molecule has 3 N–H and O–H groups in total. The largest absolute Gasteiger partial charge is 0.323 e. The van der Waals surface area contributed by atoms with Gasteiger partial charge in [0.2, 0.25) is 5.91 Å². The average Bonchev–Trinajstić information content (AvgIpc) is 2.82. The van der Waals surface area contributed by atoms with Crippen LogP contribution in [0.1, 0.15) is 42.5 Å². The zero-order valence-corrected chi connectivity index (χ0v) is 17.4. The number of halogens is 1. The van der Waals surface area contributed by atoms with Crippen molar-refractivity contribution in [2.45, 2.75) is 32.1 Å². The number of hydrogen-bond donors (Lipinski definition) is 3. The summed E-state index contributed by atoms with van der Waals surface area (Å²) in [4.78, 5) is 44.3. The van der Waals surface area contributed by atoms with Gasteiger partial charge in [-0.2, -0.15) is 0 Å². The van der Waals surface area contributed by atoms with E-state index in [0.717, 1.165) is 32.1 Å². The average molecular weight is 434 g/mol. The van der Waals surface area contributed by atoms with E-state index in [9.17, 15) is 18.8 Å². The summed E-state index contributed by atoms with van der Waals surface area (Å²) in [6.45, 7) is 0. The minimum absolute atomic E-state index is 0.00205. The molecule has 7 nitrogen and oxygen atoms in total. The molecule has 2 heterocycles. The number of pyridine rings is 2. The second kappa shape index (κ2) is 9.55. The summed E-state index contributed by atoms with van der Waals surface area (Å²) in [6, 6.07) is 12.2. The van der Waals surface area contributed by atoms with Gasteiger partial charge in [-0.15, -0.1) is 0 Å². The van der Waals surface area contributed by atoms with Crippen LogP contribution in [0.15, 0.2) is 59.5 Å². The van der Waals surface area contributed by atoms with E-state index in [0.29, 0.717) is 11.4 Å². The molecule has 1 aliphatic carbocycles. The van der Waals surface area contributed by atoms with Crippen LogP contribution in [0, 0.1) is 11.7 Å². The van der Waals surface area contributed by atoms with Gasteiger partial charge >= 0.3 is 0 Å². The molecule has 0 atom stereocenters. The van der Waals surface area contributed by atoms with Crippen molar-refractivity contribution in [2.75, 3.05) is 10.6 Å². The first-order valence-corrected chi connectivity index (χ1v) is 10.6. The van der Waals surface area contributed by atoms with Crippen LogP contribution in [0.3, 0.4) is 0 Å². The molecular formula is C24H23FN4O3. The fourth-order valence-corrected chi connectivity index (χ4v) is 3.82. The van der Waals surface area contributed by atoms with Gasteiger partial charge in [-0.05, 0) is 55.3 Å². The van der Waals surface area contributed by atoms with Crippen LogP contribution in [0.2, 0.25) is 0 Å². The van der Waals surface area contributed by atoms with E-state index < -0.39 is 17.3 Å². The second-order valence-corrected chi connectivity index (χ2v) is 7.80. The fourth-order valence-electron chi connectivity index (χ4n) is 3.82. The summed E-state index contributed by atoms with van der Waals surface area (Å²) in [7, 11) is 0. The van der Waals surface area contributed by atoms with E-state index in [1.54, 1.807) is 30.5 Å². The summed E-state index contributed by atoms with van der Waals surface area (Å²) >= 11 is 0. The Bertz CT molecular complexity index is 1190. The van der Waals surface area contributed by atoms with Crippen LogP contribution < -0.4 is 16.2 Å². The van der Waals surface area contributed by atoms with Gasteiger partial charge in [0, 0.05) is 17.8 Å². The SMILES string of the molecule is O=C(Nc1ccc(F)c(NC(=O)C2CCCCC2)c1)c1ccc(-c2ccccn2)[nH]c1=O. The number of anilines is 2. The third-order valence-corrected chi connectivity index (χ3v) is 5.55. The lowest BCUT2D eigenvalue weighted by atomic mass is 9.88. The van der Waals surface area contributed by atoms with Crippen molar-refractivity contribution in [3.05, 3.63) is 76.5 Å². The highest BCUT2D eigenvalue weighted by Gasteiger charge is 2.22. The van der Waals surface area contributed by atoms with Crippen molar-refractivity contribution < 1.29 is 14.0 Å². The zero-order valence-electron chi connectivity index (χ0n) is 17.4. The Kier molecular flexibility index (Phi) is 6.39. The molecule has 32 heavy (non-hydrogen) atoms. The maximum atomic E-state index is 14.2. The predicted octanol–water partition coefficient (Wildman–Crippen LogP) is 4.35. The van der Waals surface area contributed by atoms with Gasteiger partial charge < -0.3 is 15.6 Å². The molecule has 0 spiro atoms. The van der Waals surface area contributed by atoms with E-state index in [4.69, 9.17) is 0 Å². The van der Waals surface area contributed by atoms with Crippen LogP contribution >= 0.6 is 0 Å². The molecular weight excluding hydrogens is 411 g/mol. The van der Waals surface area contributed by atoms with E-state index in [2.05, 4.69) is 20.6 Å². The number of aromatic nitrogens is 2. The quantitative estimate of drug-likeness (QED) is 0.555. The lowest BCUT2D eigenvalue weighted by Gasteiger charge is -2.21. The van der Waals surface area contributed by atoms with Gasteiger partial charge in [-0.1, -0.05) is 25.3 Å². The van der Waals surface area contributed by atoms with Crippen LogP contribution in [0.25, 0.3) is 11.4 Å². The normalized spacial score (nSPS) is 14.0. The van der Waals surface area contributed by atoms with Gasteiger partial charge in [0.05, 0.1) is 17.1 Å². The second-order valence-electron chi connectivity index (χ2n) is 7.80. The maximum absolute atomic E-state index is 14.2. The first kappa shape index (κ1) is 21.4. The Labute approximate surface area is 184 Å². The zero-order chi connectivity index (χ0) is 22.5. The van der Waals surface area contributed by atoms with E-state index in [-0.39, 0.29) is 28.8 Å². The summed E-state index contributed by atoms with van der Waals surface area (Å²) in [6.07, 6.45) is 6.28. The fraction of sp³-hybridized carbons (Fsp3) is 0.250. The number of aromatic amines is 1. The molecule has 0 saturated heterocycles. The summed E-state index contributed by atoms with van der Waals surface area (Å²) in [5.41, 5.74) is 0.664. The Morgan fingerprint density at radius 1 is 1.00 bits per heavy atom. The van der Waals surface area contributed by atoms with Crippen molar-refractivity contribution in [3.8, 4) is 11.4 Å². The molecule has 2 aromatic heterocycles. The number of carbonyl (C=O) groups excluding carboxylic acids is 2. The van der Waals surface area contributed by atoms with E-state index in [1.165, 1.54) is 24.3 Å². The Morgan fingerprint density at radius 2 is 1.81 bits per heavy atom. The number of nitrogens with one attached hydrogen (secondary N) is 3. The summed E-state index contributed by atoms with van der Waals surface area (Å²) in [5, 5.41) is 5.22. The number of benzene rings is 1. The minimum atomic E-state index is -0.644. The van der Waals surface area contributed by atoms with Crippen molar-refractivity contribution in [1.82, 2.24) is 9.97 Å². The molecule has 0 bridgehead atoms. The van der Waals surface area contributed by atoms with Gasteiger partial charge in [-0.3, -0.25) is 19.4 Å². The van der Waals surface area contributed by atoms with Gasteiger partial charge in [0.15, 0.2) is 0 Å². The van der Waals surface area contributed by atoms with Gasteiger partial charge in [-0.25, -0.2) is 4.39 Å². The molecule has 1 fully saturated rings. The highest BCUT2D eigenvalue weighted by Crippen LogP contribution is 2.26. The first-order valence-electron chi connectivity index (χ1n) is 10.6. The molecule has 8 heteroatoms. The molecule has 3 aromatic rings. The van der Waals surface area contributed by atoms with Crippen LogP contribution in [0.5, 0.6) is 0 Å². The standard InChI is InChI=1S/C24H23FN4O3/c25-18-11-9-16(14-21(18)29-22(30)15-6-2-1-3-7-15)27-23(31)17-10-12-20(28-24(17)32)19-8-4-5-13-26-19/h4-5,8-15H,1-3,6-7H2,(H,27,31)(H,28,32)(H,29,30). The van der Waals surface area contributed by atoms with Crippen molar-refractivity contribution in [2.24, 2.45) is 5.92 Å². The number of amides is 2. The maximum Gasteiger partial charge on any atom is 0.261 e. The van der Waals surface area contributed by atoms with Gasteiger partial charge in [0.1, 0.15) is 11.4 Å². The summed E-state index contributed by atoms with van der Waals surface area (Å²) in [5.74, 6) is -1.58. The molecule has 1 aliphatic rings. The van der Waals surface area contributed by atoms with Crippen LogP contribution in [0.4, 0.5) is 15.8 Å². The lowest BCUT2D eigenvalue weighted by Crippen LogP contribution is -2.25. The van der Waals surface area contributed by atoms with Crippen molar-refractivity contribution >= 4 is 23.2 Å². The summed E-state index contributed by atoms with van der Waals surface area (Å²) < 4.78 is 14.2. The number of carbonyl (C=O) groups is 2. The minimum Gasteiger partial charge on any atom is -0.323 e. The Hall–Kier alpha value is -3.81. The molecule has 164 valence electrons. The topological polar surface area (TPSA) is 104 Å². The lowest BCUT2D eigenvalue weighted by molar-refractivity contribution is -0.120. The molecule has 0 radical (unpaired) electrons. The third-order valence-electron chi connectivity index (χ3n) is 5.55. The van der Waals surface area contributed by atoms with Crippen molar-refractivity contribution in [3.63, 3.8) is 0 Å². The van der Waals surface area contributed by atoms with Crippen LogP contribution in [-0.2, 0) is 4.79 Å². The van der Waals surface area contributed by atoms with E-state index in [1.807, 2.05) is 0 Å². The van der Waals surface area contributed by atoms with Crippen molar-refractivity contribution in [1.29, 1.82) is 0 Å². The highest BCUT2D eigenvalue weighted by atomic mass is 19.1. The number of H-pyrrole nitrogens is 1. The molecule has 0 aliphatic heterocycles. The highest BCUT2D eigenvalue weighted by molar-refractivity contribution is 6.04. The smallest absolute Gasteiger partial charge is 0.261 e. The monoisotopic (exact) mass is 434 g/mol. The first-order chi connectivity index (χ1) is 15.5. The number of rotatable bonds is 5. The van der Waals surface area contributed by atoms with Crippen LogP contribution in [-0.4, -0.2) is 21.8 Å². The predicted molar refractivity (Wildman–Crippen MR) is 120 cm³/mol. The molecule has 4 rings (SSSR count).